The summed E-state index contributed by atoms with van der Waals surface area (Å²) in [5, 5.41) is 14.2. The van der Waals surface area contributed by atoms with E-state index < -0.39 is 5.97 Å². The summed E-state index contributed by atoms with van der Waals surface area (Å²) in [7, 11) is 3.86. The Hall–Kier alpha value is -2.08. The second-order valence-corrected chi connectivity index (χ2v) is 4.74. The molecule has 0 spiro atoms. The Morgan fingerprint density at radius 2 is 1.95 bits per heavy atom. The highest BCUT2D eigenvalue weighted by Crippen LogP contribution is 2.16. The predicted octanol–water partition coefficient (Wildman–Crippen LogP) is 1.39. The molecule has 0 aliphatic carbocycles. The first-order valence-electron chi connectivity index (χ1n) is 6.48. The smallest absolute Gasteiger partial charge is 0.319 e. The number of carbonyl (C=O) groups is 2. The van der Waals surface area contributed by atoms with Crippen LogP contribution in [-0.2, 0) is 11.2 Å². The first kappa shape index (κ1) is 16.0. The van der Waals surface area contributed by atoms with Crippen LogP contribution in [0.5, 0.6) is 0 Å². The number of aliphatic carboxylic acids is 1. The Morgan fingerprint density at radius 1 is 1.25 bits per heavy atom. The molecule has 0 aliphatic heterocycles. The molecule has 1 aromatic carbocycles. The van der Waals surface area contributed by atoms with Gasteiger partial charge in [-0.25, -0.2) is 4.79 Å². The van der Waals surface area contributed by atoms with Crippen molar-refractivity contribution in [1.82, 2.24) is 10.2 Å². The zero-order valence-corrected chi connectivity index (χ0v) is 11.8. The molecule has 0 saturated carbocycles. The van der Waals surface area contributed by atoms with Gasteiger partial charge >= 0.3 is 12.0 Å². The molecule has 0 saturated heterocycles. The van der Waals surface area contributed by atoms with Crippen LogP contribution in [0, 0.1) is 0 Å². The first-order chi connectivity index (χ1) is 9.49. The lowest BCUT2D eigenvalue weighted by atomic mass is 10.1. The molecule has 1 rings (SSSR count). The van der Waals surface area contributed by atoms with Gasteiger partial charge in [0.25, 0.3) is 0 Å². The molecule has 0 heterocycles. The van der Waals surface area contributed by atoms with Crippen LogP contribution in [0.4, 0.5) is 10.5 Å². The zero-order valence-electron chi connectivity index (χ0n) is 11.8. The maximum atomic E-state index is 11.7. The van der Waals surface area contributed by atoms with Crippen molar-refractivity contribution >= 4 is 17.7 Å². The Bertz CT molecular complexity index is 461. The van der Waals surface area contributed by atoms with Crippen LogP contribution in [-0.4, -0.2) is 49.2 Å². The van der Waals surface area contributed by atoms with E-state index >= 15 is 0 Å². The van der Waals surface area contributed by atoms with E-state index in [1.807, 2.05) is 31.1 Å². The van der Waals surface area contributed by atoms with Gasteiger partial charge < -0.3 is 20.6 Å². The molecule has 110 valence electrons. The molecule has 0 radical (unpaired) electrons. The van der Waals surface area contributed by atoms with Crippen LogP contribution < -0.4 is 10.6 Å². The molecule has 3 N–H and O–H groups in total. The van der Waals surface area contributed by atoms with Gasteiger partial charge in [-0.15, -0.1) is 0 Å². The molecular formula is C14H21N3O3. The summed E-state index contributed by atoms with van der Waals surface area (Å²) in [5.41, 5.74) is 1.47. The van der Waals surface area contributed by atoms with E-state index in [2.05, 4.69) is 10.6 Å². The topological polar surface area (TPSA) is 81.7 Å². The molecule has 2 amide bonds. The van der Waals surface area contributed by atoms with Crippen molar-refractivity contribution in [2.75, 3.05) is 32.5 Å². The highest BCUT2D eigenvalue weighted by Gasteiger charge is 2.07. The number of carbonyl (C=O) groups excluding carboxylic acids is 1. The van der Waals surface area contributed by atoms with Gasteiger partial charge in [0.05, 0.1) is 0 Å². The van der Waals surface area contributed by atoms with Crippen LogP contribution in [0.15, 0.2) is 24.3 Å². The minimum Gasteiger partial charge on any atom is -0.481 e. The third kappa shape index (κ3) is 6.19. The fourth-order valence-electron chi connectivity index (χ4n) is 1.66. The summed E-state index contributed by atoms with van der Waals surface area (Å²) in [5.74, 6) is -0.852. The molecule has 6 nitrogen and oxygen atoms in total. The van der Waals surface area contributed by atoms with Gasteiger partial charge in [0.1, 0.15) is 0 Å². The number of nitrogens with one attached hydrogen (secondary N) is 2. The van der Waals surface area contributed by atoms with Crippen LogP contribution >= 0.6 is 0 Å². The monoisotopic (exact) mass is 279 g/mol. The van der Waals surface area contributed by atoms with E-state index in [0.717, 1.165) is 12.1 Å². The van der Waals surface area contributed by atoms with Crippen molar-refractivity contribution in [3.05, 3.63) is 29.8 Å². The number of hydrogen-bond donors (Lipinski definition) is 3. The highest BCUT2D eigenvalue weighted by molar-refractivity contribution is 5.90. The fourth-order valence-corrected chi connectivity index (χ4v) is 1.66. The molecule has 1 aromatic rings. The number of rotatable bonds is 7. The molecule has 0 atom stereocenters. The lowest BCUT2D eigenvalue weighted by Gasteiger charge is -2.13. The Kier molecular flexibility index (Phi) is 6.52. The van der Waals surface area contributed by atoms with Gasteiger partial charge in [-0.2, -0.15) is 0 Å². The van der Waals surface area contributed by atoms with E-state index in [0.29, 0.717) is 18.7 Å². The number of anilines is 1. The predicted molar refractivity (Wildman–Crippen MR) is 78.0 cm³/mol. The van der Waals surface area contributed by atoms with Crippen molar-refractivity contribution in [2.45, 2.75) is 12.8 Å². The zero-order chi connectivity index (χ0) is 15.0. The standard InChI is InChI=1S/C14H21N3O3/c1-17(2)10-9-15-14(20)16-12-6-4-3-5-11(12)7-8-13(18)19/h3-6H,7-10H2,1-2H3,(H,18,19)(H2,15,16,20). The average Bonchev–Trinajstić information content (AvgIpc) is 2.37. The van der Waals surface area contributed by atoms with E-state index in [1.54, 1.807) is 12.1 Å². The molecule has 0 bridgehead atoms. The molecule has 0 aliphatic rings. The molecule has 0 fully saturated rings. The Morgan fingerprint density at radius 3 is 2.60 bits per heavy atom. The third-order valence-electron chi connectivity index (χ3n) is 2.72. The van der Waals surface area contributed by atoms with Gasteiger partial charge in [0.2, 0.25) is 0 Å². The van der Waals surface area contributed by atoms with E-state index in [1.165, 1.54) is 0 Å². The van der Waals surface area contributed by atoms with Crippen LogP contribution in [0.3, 0.4) is 0 Å². The molecule has 0 unspecified atom stereocenters. The molecule has 0 aromatic heterocycles. The molecule has 20 heavy (non-hydrogen) atoms. The summed E-state index contributed by atoms with van der Waals surface area (Å²) in [6.45, 7) is 1.31. The number of para-hydroxylation sites is 1. The lowest BCUT2D eigenvalue weighted by molar-refractivity contribution is -0.136. The minimum absolute atomic E-state index is 0.0426. The van der Waals surface area contributed by atoms with E-state index in [9.17, 15) is 9.59 Å². The SMILES string of the molecule is CN(C)CCNC(=O)Nc1ccccc1CCC(=O)O. The van der Waals surface area contributed by atoms with E-state index in [4.69, 9.17) is 5.11 Å². The highest BCUT2D eigenvalue weighted by atomic mass is 16.4. The number of amides is 2. The van der Waals surface area contributed by atoms with Gasteiger partial charge in [-0.1, -0.05) is 18.2 Å². The summed E-state index contributed by atoms with van der Waals surface area (Å²) < 4.78 is 0. The normalized spacial score (nSPS) is 10.3. The maximum absolute atomic E-state index is 11.7. The molecular weight excluding hydrogens is 258 g/mol. The van der Waals surface area contributed by atoms with Crippen molar-refractivity contribution < 1.29 is 14.7 Å². The summed E-state index contributed by atoms with van der Waals surface area (Å²) >= 11 is 0. The van der Waals surface area contributed by atoms with Crippen molar-refractivity contribution in [3.63, 3.8) is 0 Å². The Balaban J connectivity index is 2.53. The lowest BCUT2D eigenvalue weighted by Crippen LogP contribution is -2.34. The molecule has 6 heteroatoms. The number of benzene rings is 1. The van der Waals surface area contributed by atoms with Crippen molar-refractivity contribution in [2.24, 2.45) is 0 Å². The summed E-state index contributed by atoms with van der Waals surface area (Å²) in [4.78, 5) is 24.3. The van der Waals surface area contributed by atoms with Gasteiger partial charge in [-0.05, 0) is 32.1 Å². The Labute approximate surface area is 118 Å². The second kappa shape index (κ2) is 8.16. The fraction of sp³-hybridized carbons (Fsp3) is 0.429. The number of hydrogen-bond acceptors (Lipinski definition) is 3. The number of aryl methyl sites for hydroxylation is 1. The van der Waals surface area contributed by atoms with Crippen molar-refractivity contribution in [3.8, 4) is 0 Å². The van der Waals surface area contributed by atoms with Gasteiger partial charge in [-0.3, -0.25) is 4.79 Å². The first-order valence-corrected chi connectivity index (χ1v) is 6.48. The van der Waals surface area contributed by atoms with Crippen LogP contribution in [0.2, 0.25) is 0 Å². The largest absolute Gasteiger partial charge is 0.481 e. The average molecular weight is 279 g/mol. The maximum Gasteiger partial charge on any atom is 0.319 e. The number of likely N-dealkylation sites (N-methyl/N-ethyl adjacent to an activating group) is 1. The number of nitrogens with zero attached hydrogens (tertiary/aromatic N) is 1. The quantitative estimate of drug-likeness (QED) is 0.704. The number of carboxylic acid groups (broad SMARTS) is 1. The van der Waals surface area contributed by atoms with Crippen LogP contribution in [0.25, 0.3) is 0 Å². The van der Waals surface area contributed by atoms with Crippen molar-refractivity contribution in [1.29, 1.82) is 0 Å². The van der Waals surface area contributed by atoms with Gasteiger partial charge in [0.15, 0.2) is 0 Å². The summed E-state index contributed by atoms with van der Waals surface area (Å²) in [6, 6.07) is 6.93. The summed E-state index contributed by atoms with van der Waals surface area (Å²) in [6.07, 6.45) is 0.435. The second-order valence-electron chi connectivity index (χ2n) is 4.74. The van der Waals surface area contributed by atoms with E-state index in [-0.39, 0.29) is 12.5 Å². The number of urea groups is 1. The van der Waals surface area contributed by atoms with Gasteiger partial charge in [0, 0.05) is 25.2 Å². The van der Waals surface area contributed by atoms with Crippen LogP contribution in [0.1, 0.15) is 12.0 Å². The number of carboxylic acids is 1. The third-order valence-corrected chi connectivity index (χ3v) is 2.72. The minimum atomic E-state index is -0.852.